The van der Waals surface area contributed by atoms with Gasteiger partial charge < -0.3 is 5.32 Å². The number of alkyl halides is 2. The van der Waals surface area contributed by atoms with E-state index in [0.29, 0.717) is 11.4 Å². The molecule has 2 N–H and O–H groups in total. The Labute approximate surface area is 113 Å². The van der Waals surface area contributed by atoms with E-state index in [1.165, 1.54) is 24.3 Å². The van der Waals surface area contributed by atoms with E-state index in [4.69, 9.17) is 5.41 Å². The second-order valence-electron chi connectivity index (χ2n) is 3.74. The summed E-state index contributed by atoms with van der Waals surface area (Å²) in [6, 6.07) is 5.84. The van der Waals surface area contributed by atoms with Crippen LogP contribution in [0.2, 0.25) is 0 Å². The summed E-state index contributed by atoms with van der Waals surface area (Å²) < 4.78 is 26.2. The van der Waals surface area contributed by atoms with Crippen molar-refractivity contribution in [3.05, 3.63) is 54.3 Å². The van der Waals surface area contributed by atoms with Crippen molar-refractivity contribution in [3.8, 4) is 0 Å². The predicted molar refractivity (Wildman–Crippen MR) is 74.6 cm³/mol. The maximum Gasteiger partial charge on any atom is 0.270 e. The van der Waals surface area contributed by atoms with Crippen molar-refractivity contribution < 1.29 is 8.78 Å². The van der Waals surface area contributed by atoms with Crippen LogP contribution in [0.3, 0.4) is 0 Å². The summed E-state index contributed by atoms with van der Waals surface area (Å²) in [6.07, 6.45) is 3.06. The van der Waals surface area contributed by atoms with Gasteiger partial charge in [-0.05, 0) is 40.2 Å². The molecule has 0 spiro atoms. The molecule has 0 heterocycles. The van der Waals surface area contributed by atoms with E-state index >= 15 is 0 Å². The van der Waals surface area contributed by atoms with Gasteiger partial charge in [-0.1, -0.05) is 18.7 Å². The molecule has 0 bridgehead atoms. The van der Waals surface area contributed by atoms with Gasteiger partial charge in [-0.25, -0.2) is 8.78 Å². The summed E-state index contributed by atoms with van der Waals surface area (Å²) in [5.74, 6) is -2.84. The summed E-state index contributed by atoms with van der Waals surface area (Å²) in [4.78, 5) is 0. The molecule has 0 atom stereocenters. The standard InChI is InChI=1S/C13H13BrF2N2/c1-3-10(8-12(14)17)18-11-6-4-9(5-7-11)13(2,15)16/h3-8,17-18H,1H2,2H3/b10-8-,17-12?. The number of rotatable bonds is 5. The number of anilines is 1. The third-order valence-electron chi connectivity index (χ3n) is 2.18. The summed E-state index contributed by atoms with van der Waals surface area (Å²) >= 11 is 2.99. The average Bonchev–Trinajstić information content (AvgIpc) is 2.27. The van der Waals surface area contributed by atoms with Gasteiger partial charge in [-0.3, -0.25) is 5.41 Å². The fourth-order valence-corrected chi connectivity index (χ4v) is 1.54. The zero-order chi connectivity index (χ0) is 13.8. The molecule has 1 aromatic rings. The van der Waals surface area contributed by atoms with Crippen LogP contribution in [0.5, 0.6) is 0 Å². The first-order valence-electron chi connectivity index (χ1n) is 5.16. The van der Waals surface area contributed by atoms with Gasteiger partial charge in [0, 0.05) is 23.9 Å². The van der Waals surface area contributed by atoms with Crippen LogP contribution in [-0.2, 0) is 5.92 Å². The molecule has 0 fully saturated rings. The Balaban J connectivity index is 2.87. The lowest BCUT2D eigenvalue weighted by molar-refractivity contribution is 0.0175. The minimum atomic E-state index is -2.84. The van der Waals surface area contributed by atoms with E-state index < -0.39 is 5.92 Å². The monoisotopic (exact) mass is 314 g/mol. The first-order chi connectivity index (χ1) is 8.32. The number of benzene rings is 1. The van der Waals surface area contributed by atoms with Gasteiger partial charge in [0.2, 0.25) is 0 Å². The zero-order valence-electron chi connectivity index (χ0n) is 9.81. The third kappa shape index (κ3) is 4.41. The van der Waals surface area contributed by atoms with E-state index in [1.54, 1.807) is 12.1 Å². The van der Waals surface area contributed by atoms with Crippen LogP contribution in [-0.4, -0.2) is 4.62 Å². The van der Waals surface area contributed by atoms with E-state index in [9.17, 15) is 8.78 Å². The van der Waals surface area contributed by atoms with Crippen LogP contribution in [0.1, 0.15) is 12.5 Å². The van der Waals surface area contributed by atoms with Gasteiger partial charge >= 0.3 is 0 Å². The van der Waals surface area contributed by atoms with Crippen molar-refractivity contribution in [3.63, 3.8) is 0 Å². The first kappa shape index (κ1) is 14.6. The Morgan fingerprint density at radius 3 is 2.33 bits per heavy atom. The molecular formula is C13H13BrF2N2. The SMILES string of the molecule is C=C/C(=C/C(=N)Br)Nc1ccc(C(C)(F)F)cc1. The average molecular weight is 315 g/mol. The largest absolute Gasteiger partial charge is 0.355 e. The van der Waals surface area contributed by atoms with Crippen LogP contribution in [0, 0.1) is 5.41 Å². The lowest BCUT2D eigenvalue weighted by Gasteiger charge is -2.12. The number of halogens is 3. The quantitative estimate of drug-likeness (QED) is 0.602. The Kier molecular flexibility index (Phi) is 4.78. The molecule has 0 aliphatic carbocycles. The lowest BCUT2D eigenvalue weighted by Crippen LogP contribution is -2.06. The molecular weight excluding hydrogens is 302 g/mol. The number of hydrogen-bond acceptors (Lipinski definition) is 2. The molecule has 0 unspecified atom stereocenters. The smallest absolute Gasteiger partial charge is 0.270 e. The molecule has 0 amide bonds. The highest BCUT2D eigenvalue weighted by atomic mass is 79.9. The number of allylic oxidation sites excluding steroid dienone is 2. The lowest BCUT2D eigenvalue weighted by atomic mass is 10.1. The van der Waals surface area contributed by atoms with E-state index in [1.807, 2.05) is 0 Å². The highest BCUT2D eigenvalue weighted by Gasteiger charge is 2.23. The molecule has 1 aromatic carbocycles. The Bertz CT molecular complexity index is 473. The summed E-state index contributed by atoms with van der Waals surface area (Å²) in [7, 11) is 0. The molecule has 5 heteroatoms. The van der Waals surface area contributed by atoms with Crippen LogP contribution in [0.15, 0.2) is 48.7 Å². The molecule has 96 valence electrons. The fraction of sp³-hybridized carbons (Fsp3) is 0.154. The number of hydrogen-bond donors (Lipinski definition) is 2. The molecule has 0 saturated heterocycles. The molecule has 0 aliphatic heterocycles. The minimum absolute atomic E-state index is 0.0367. The predicted octanol–water partition coefficient (Wildman–Crippen LogP) is 4.65. The zero-order valence-corrected chi connectivity index (χ0v) is 11.4. The Hall–Kier alpha value is -1.49. The van der Waals surface area contributed by atoms with Gasteiger partial charge in [0.25, 0.3) is 5.92 Å². The van der Waals surface area contributed by atoms with Gasteiger partial charge in [0.1, 0.15) is 0 Å². The maximum atomic E-state index is 13.0. The first-order valence-corrected chi connectivity index (χ1v) is 5.96. The van der Waals surface area contributed by atoms with Crippen molar-refractivity contribution in [1.29, 1.82) is 5.41 Å². The second kappa shape index (κ2) is 5.91. The van der Waals surface area contributed by atoms with Crippen LogP contribution < -0.4 is 5.32 Å². The van der Waals surface area contributed by atoms with Gasteiger partial charge in [0.15, 0.2) is 0 Å². The topological polar surface area (TPSA) is 35.9 Å². The number of nitrogens with one attached hydrogen (secondary N) is 2. The third-order valence-corrected chi connectivity index (χ3v) is 2.41. The fourth-order valence-electron chi connectivity index (χ4n) is 1.30. The van der Waals surface area contributed by atoms with Gasteiger partial charge in [-0.15, -0.1) is 0 Å². The highest BCUT2D eigenvalue weighted by molar-refractivity contribution is 9.18. The molecule has 0 radical (unpaired) electrons. The Morgan fingerprint density at radius 1 is 1.39 bits per heavy atom. The van der Waals surface area contributed by atoms with Crippen LogP contribution in [0.4, 0.5) is 14.5 Å². The highest BCUT2D eigenvalue weighted by Crippen LogP contribution is 2.27. The molecule has 18 heavy (non-hydrogen) atoms. The molecule has 1 rings (SSSR count). The van der Waals surface area contributed by atoms with Gasteiger partial charge in [-0.2, -0.15) is 0 Å². The minimum Gasteiger partial charge on any atom is -0.355 e. The van der Waals surface area contributed by atoms with E-state index in [2.05, 4.69) is 27.8 Å². The maximum absolute atomic E-state index is 13.0. The van der Waals surface area contributed by atoms with Crippen LogP contribution >= 0.6 is 15.9 Å². The van der Waals surface area contributed by atoms with Crippen molar-refractivity contribution in [2.75, 3.05) is 5.32 Å². The summed E-state index contributed by atoms with van der Waals surface area (Å²) in [6.45, 7) is 4.46. The molecule has 0 aromatic heterocycles. The van der Waals surface area contributed by atoms with Crippen molar-refractivity contribution in [2.24, 2.45) is 0 Å². The summed E-state index contributed by atoms with van der Waals surface area (Å²) in [5, 5.41) is 10.2. The Morgan fingerprint density at radius 2 is 1.94 bits per heavy atom. The second-order valence-corrected chi connectivity index (χ2v) is 4.60. The molecule has 0 saturated carbocycles. The molecule has 0 aliphatic rings. The van der Waals surface area contributed by atoms with Crippen molar-refractivity contribution in [2.45, 2.75) is 12.8 Å². The summed E-state index contributed by atoms with van der Waals surface area (Å²) in [5.41, 5.74) is 1.22. The molecule has 2 nitrogen and oxygen atoms in total. The van der Waals surface area contributed by atoms with Gasteiger partial charge in [0.05, 0.1) is 4.62 Å². The van der Waals surface area contributed by atoms with E-state index in [0.717, 1.165) is 6.92 Å². The van der Waals surface area contributed by atoms with E-state index in [-0.39, 0.29) is 10.2 Å². The van der Waals surface area contributed by atoms with Crippen molar-refractivity contribution >= 4 is 26.2 Å². The normalized spacial score (nSPS) is 12.1. The van der Waals surface area contributed by atoms with Crippen LogP contribution in [0.25, 0.3) is 0 Å². The van der Waals surface area contributed by atoms with Crippen molar-refractivity contribution in [1.82, 2.24) is 0 Å².